The number of hydrogen-bond donors (Lipinski definition) is 1. The molecule has 0 radical (unpaired) electrons. The molecule has 1 atom stereocenters. The lowest BCUT2D eigenvalue weighted by molar-refractivity contribution is -0.129. The molecule has 4 nitrogen and oxygen atoms in total. The van der Waals surface area contributed by atoms with Crippen molar-refractivity contribution in [2.45, 2.75) is 51.5 Å². The predicted molar refractivity (Wildman–Crippen MR) is 71.0 cm³/mol. The van der Waals surface area contributed by atoms with Gasteiger partial charge in [0.15, 0.2) is 0 Å². The van der Waals surface area contributed by atoms with Crippen LogP contribution < -0.4 is 5.32 Å². The number of amides is 1. The number of carbonyl (C=O) groups is 1. The highest BCUT2D eigenvalue weighted by atomic mass is 16.3. The maximum Gasteiger partial charge on any atom is 0.241 e. The highest BCUT2D eigenvalue weighted by Crippen LogP contribution is 2.35. The molecule has 102 valence electrons. The number of furan rings is 1. The summed E-state index contributed by atoms with van der Waals surface area (Å²) in [4.78, 5) is 12.4. The second-order valence-electron chi connectivity index (χ2n) is 5.32. The van der Waals surface area contributed by atoms with Crippen LogP contribution in [0.25, 0.3) is 0 Å². The van der Waals surface area contributed by atoms with Gasteiger partial charge in [-0.15, -0.1) is 0 Å². The number of hydrogen-bond acceptors (Lipinski definition) is 3. The molecule has 1 unspecified atom stereocenters. The van der Waals surface area contributed by atoms with Crippen LogP contribution in [0.4, 0.5) is 0 Å². The Bertz CT molecular complexity index is 451. The van der Waals surface area contributed by atoms with E-state index in [9.17, 15) is 10.1 Å². The van der Waals surface area contributed by atoms with E-state index in [-0.39, 0.29) is 11.9 Å². The molecule has 0 saturated heterocycles. The molecule has 1 saturated carbocycles. The van der Waals surface area contributed by atoms with Crippen molar-refractivity contribution in [3.63, 3.8) is 0 Å². The third kappa shape index (κ3) is 2.98. The van der Waals surface area contributed by atoms with E-state index in [4.69, 9.17) is 4.42 Å². The molecule has 1 aliphatic rings. The van der Waals surface area contributed by atoms with E-state index in [1.165, 1.54) is 0 Å². The Balaban J connectivity index is 2.06. The lowest BCUT2D eigenvalue weighted by Crippen LogP contribution is -2.41. The summed E-state index contributed by atoms with van der Waals surface area (Å²) in [5.41, 5.74) is -0.850. The van der Waals surface area contributed by atoms with Crippen molar-refractivity contribution in [1.82, 2.24) is 5.32 Å². The van der Waals surface area contributed by atoms with Crippen LogP contribution in [0.5, 0.6) is 0 Å². The zero-order valence-corrected chi connectivity index (χ0v) is 11.3. The Morgan fingerprint density at radius 2 is 2.11 bits per heavy atom. The van der Waals surface area contributed by atoms with Crippen LogP contribution in [0.2, 0.25) is 0 Å². The fraction of sp³-hybridized carbons (Fsp3) is 0.600. The lowest BCUT2D eigenvalue weighted by Gasteiger charge is -2.25. The highest BCUT2D eigenvalue weighted by Gasteiger charge is 2.39. The number of nitrogens with zero attached hydrogens (tertiary/aromatic N) is 1. The van der Waals surface area contributed by atoms with Gasteiger partial charge in [0.05, 0.1) is 18.4 Å². The third-order valence-electron chi connectivity index (χ3n) is 3.92. The van der Waals surface area contributed by atoms with E-state index < -0.39 is 5.41 Å². The zero-order valence-electron chi connectivity index (χ0n) is 11.3. The van der Waals surface area contributed by atoms with Crippen LogP contribution in [0, 0.1) is 16.7 Å². The van der Waals surface area contributed by atoms with Crippen LogP contribution >= 0.6 is 0 Å². The number of nitriles is 1. The van der Waals surface area contributed by atoms with Gasteiger partial charge in [-0.05, 0) is 31.9 Å². The minimum atomic E-state index is -0.850. The van der Waals surface area contributed by atoms with Crippen molar-refractivity contribution in [2.24, 2.45) is 5.41 Å². The van der Waals surface area contributed by atoms with Gasteiger partial charge in [0, 0.05) is 0 Å². The fourth-order valence-electron chi connectivity index (χ4n) is 2.67. The molecule has 2 rings (SSSR count). The summed E-state index contributed by atoms with van der Waals surface area (Å²) >= 11 is 0. The van der Waals surface area contributed by atoms with Crippen molar-refractivity contribution >= 4 is 5.91 Å². The first-order chi connectivity index (χ1) is 9.18. The average Bonchev–Trinajstić information content (AvgIpc) is 2.84. The molecule has 0 bridgehead atoms. The van der Waals surface area contributed by atoms with Gasteiger partial charge in [0.2, 0.25) is 5.91 Å². The smallest absolute Gasteiger partial charge is 0.241 e. The Kier molecular flexibility index (Phi) is 4.26. The van der Waals surface area contributed by atoms with Gasteiger partial charge in [-0.25, -0.2) is 0 Å². The molecule has 19 heavy (non-hydrogen) atoms. The zero-order chi connectivity index (χ0) is 13.7. The van der Waals surface area contributed by atoms with E-state index in [1.807, 2.05) is 13.0 Å². The van der Waals surface area contributed by atoms with Gasteiger partial charge in [0.1, 0.15) is 11.2 Å². The monoisotopic (exact) mass is 260 g/mol. The average molecular weight is 260 g/mol. The molecule has 4 heteroatoms. The quantitative estimate of drug-likeness (QED) is 0.848. The van der Waals surface area contributed by atoms with E-state index in [0.29, 0.717) is 12.8 Å². The number of rotatable bonds is 3. The summed E-state index contributed by atoms with van der Waals surface area (Å²) in [6.45, 7) is 1.87. The first-order valence-electron chi connectivity index (χ1n) is 6.93. The maximum atomic E-state index is 12.4. The molecule has 0 spiro atoms. The summed E-state index contributed by atoms with van der Waals surface area (Å²) in [6, 6.07) is 5.69. The van der Waals surface area contributed by atoms with Gasteiger partial charge < -0.3 is 9.73 Å². The van der Waals surface area contributed by atoms with Crippen molar-refractivity contribution < 1.29 is 9.21 Å². The molecule has 1 fully saturated rings. The second-order valence-corrected chi connectivity index (χ2v) is 5.32. The maximum absolute atomic E-state index is 12.4. The number of carbonyl (C=O) groups excluding carboxylic acids is 1. The largest absolute Gasteiger partial charge is 0.467 e. The third-order valence-corrected chi connectivity index (χ3v) is 3.92. The van der Waals surface area contributed by atoms with Gasteiger partial charge in [0.25, 0.3) is 0 Å². The van der Waals surface area contributed by atoms with Crippen molar-refractivity contribution in [2.75, 3.05) is 0 Å². The Labute approximate surface area is 113 Å². The lowest BCUT2D eigenvalue weighted by atomic mass is 9.81. The number of nitrogens with one attached hydrogen (secondary N) is 1. The van der Waals surface area contributed by atoms with Gasteiger partial charge in [-0.1, -0.05) is 25.7 Å². The van der Waals surface area contributed by atoms with Crippen molar-refractivity contribution in [3.05, 3.63) is 24.2 Å². The van der Waals surface area contributed by atoms with Crippen molar-refractivity contribution in [3.8, 4) is 6.07 Å². The summed E-state index contributed by atoms with van der Waals surface area (Å²) in [5, 5.41) is 12.4. The summed E-state index contributed by atoms with van der Waals surface area (Å²) < 4.78 is 5.28. The van der Waals surface area contributed by atoms with Gasteiger partial charge in [-0.3, -0.25) is 4.79 Å². The van der Waals surface area contributed by atoms with Crippen LogP contribution in [0.3, 0.4) is 0 Å². The first kappa shape index (κ1) is 13.7. The predicted octanol–water partition coefficient (Wildman–Crippen LogP) is 3.32. The molecular weight excluding hydrogens is 240 g/mol. The second kappa shape index (κ2) is 5.92. The van der Waals surface area contributed by atoms with E-state index in [1.54, 1.807) is 12.3 Å². The molecule has 1 heterocycles. The van der Waals surface area contributed by atoms with Crippen LogP contribution in [0.1, 0.15) is 57.3 Å². The Morgan fingerprint density at radius 1 is 1.42 bits per heavy atom. The Hall–Kier alpha value is -1.76. The van der Waals surface area contributed by atoms with Gasteiger partial charge in [-0.2, -0.15) is 5.26 Å². The highest BCUT2D eigenvalue weighted by molar-refractivity contribution is 5.85. The summed E-state index contributed by atoms with van der Waals surface area (Å²) in [7, 11) is 0. The van der Waals surface area contributed by atoms with Gasteiger partial charge >= 0.3 is 0 Å². The molecule has 1 aromatic heterocycles. The molecule has 0 aliphatic heterocycles. The molecule has 1 aromatic rings. The van der Waals surface area contributed by atoms with E-state index in [0.717, 1.165) is 31.4 Å². The van der Waals surface area contributed by atoms with Crippen LogP contribution in [0.15, 0.2) is 22.8 Å². The topological polar surface area (TPSA) is 66.0 Å². The summed E-state index contributed by atoms with van der Waals surface area (Å²) in [6.07, 6.45) is 7.06. The molecule has 1 amide bonds. The molecule has 0 aromatic carbocycles. The minimum Gasteiger partial charge on any atom is -0.467 e. The van der Waals surface area contributed by atoms with Crippen LogP contribution in [-0.2, 0) is 4.79 Å². The SMILES string of the molecule is CC(NC(=O)C1(C#N)CCCCCC1)c1ccco1. The molecule has 1 N–H and O–H groups in total. The van der Waals surface area contributed by atoms with Crippen molar-refractivity contribution in [1.29, 1.82) is 5.26 Å². The normalized spacial score (nSPS) is 20.0. The first-order valence-corrected chi connectivity index (χ1v) is 6.93. The van der Waals surface area contributed by atoms with E-state index >= 15 is 0 Å². The standard InChI is InChI=1S/C15H20N2O2/c1-12(13-7-6-10-19-13)17-14(18)15(11-16)8-4-2-3-5-9-15/h6-7,10,12H,2-5,8-9H2,1H3,(H,17,18). The van der Waals surface area contributed by atoms with E-state index in [2.05, 4.69) is 11.4 Å². The van der Waals surface area contributed by atoms with Crippen LogP contribution in [-0.4, -0.2) is 5.91 Å². The fourth-order valence-corrected chi connectivity index (χ4v) is 2.67. The Morgan fingerprint density at radius 3 is 2.63 bits per heavy atom. The molecular formula is C15H20N2O2. The molecule has 1 aliphatic carbocycles. The summed E-state index contributed by atoms with van der Waals surface area (Å²) in [5.74, 6) is 0.566. The minimum absolute atomic E-state index is 0.152.